The van der Waals surface area contributed by atoms with E-state index in [0.717, 1.165) is 11.3 Å². The number of nitrogens with two attached hydrogens (primary N) is 1. The molecular formula is C13H18N2O2. The summed E-state index contributed by atoms with van der Waals surface area (Å²) in [4.78, 5) is 13.6. The first-order valence-electron chi connectivity index (χ1n) is 5.96. The minimum atomic E-state index is -0.347. The number of benzene rings is 1. The van der Waals surface area contributed by atoms with Gasteiger partial charge in [0.05, 0.1) is 6.10 Å². The highest BCUT2D eigenvalue weighted by Gasteiger charge is 2.23. The molecule has 0 aliphatic carbocycles. The molecule has 0 spiro atoms. The Morgan fingerprint density at radius 1 is 1.47 bits per heavy atom. The molecule has 92 valence electrons. The Morgan fingerprint density at radius 3 is 2.88 bits per heavy atom. The summed E-state index contributed by atoms with van der Waals surface area (Å²) in [6.45, 7) is 1.15. The van der Waals surface area contributed by atoms with Crippen molar-refractivity contribution in [2.75, 3.05) is 18.8 Å². The fourth-order valence-corrected chi connectivity index (χ4v) is 2.13. The third kappa shape index (κ3) is 2.97. The van der Waals surface area contributed by atoms with Crippen LogP contribution in [0.5, 0.6) is 0 Å². The zero-order valence-electron chi connectivity index (χ0n) is 9.80. The van der Waals surface area contributed by atoms with Crippen LogP contribution in [0.2, 0.25) is 0 Å². The zero-order chi connectivity index (χ0) is 12.3. The van der Waals surface area contributed by atoms with Crippen molar-refractivity contribution in [3.05, 3.63) is 29.8 Å². The number of aliphatic hydroxyl groups excluding tert-OH is 1. The van der Waals surface area contributed by atoms with Crippen LogP contribution < -0.4 is 5.73 Å². The predicted molar refractivity (Wildman–Crippen MR) is 66.4 cm³/mol. The van der Waals surface area contributed by atoms with Gasteiger partial charge >= 0.3 is 0 Å². The molecule has 3 N–H and O–H groups in total. The fraction of sp³-hybridized carbons (Fsp3) is 0.462. The molecule has 4 heteroatoms. The Morgan fingerprint density at radius 2 is 2.24 bits per heavy atom. The number of para-hydroxylation sites is 1. The van der Waals surface area contributed by atoms with Gasteiger partial charge in [0, 0.05) is 25.2 Å². The van der Waals surface area contributed by atoms with Crippen LogP contribution in [-0.4, -0.2) is 35.1 Å². The van der Waals surface area contributed by atoms with E-state index in [1.165, 1.54) is 0 Å². The molecule has 1 aromatic carbocycles. The number of aliphatic hydroxyl groups is 1. The van der Waals surface area contributed by atoms with Crippen LogP contribution in [0.4, 0.5) is 5.69 Å². The van der Waals surface area contributed by atoms with E-state index < -0.39 is 0 Å². The third-order valence-corrected chi connectivity index (χ3v) is 3.18. The summed E-state index contributed by atoms with van der Waals surface area (Å²) in [5.41, 5.74) is 7.57. The lowest BCUT2D eigenvalue weighted by Gasteiger charge is -2.15. The summed E-state index contributed by atoms with van der Waals surface area (Å²) < 4.78 is 0. The lowest BCUT2D eigenvalue weighted by atomic mass is 10.1. The summed E-state index contributed by atoms with van der Waals surface area (Å²) in [5, 5.41) is 9.36. The van der Waals surface area contributed by atoms with Gasteiger partial charge in [0.25, 0.3) is 0 Å². The van der Waals surface area contributed by atoms with Gasteiger partial charge in [-0.05, 0) is 24.5 Å². The van der Waals surface area contributed by atoms with Gasteiger partial charge in [-0.2, -0.15) is 0 Å². The number of nitrogen functional groups attached to an aromatic ring is 1. The van der Waals surface area contributed by atoms with E-state index in [4.69, 9.17) is 5.73 Å². The van der Waals surface area contributed by atoms with Crippen LogP contribution in [0.25, 0.3) is 0 Å². The average molecular weight is 234 g/mol. The Hall–Kier alpha value is -1.55. The molecule has 1 fully saturated rings. The van der Waals surface area contributed by atoms with Gasteiger partial charge in [0.2, 0.25) is 5.91 Å². The van der Waals surface area contributed by atoms with Crippen LogP contribution >= 0.6 is 0 Å². The number of carbonyl (C=O) groups is 1. The SMILES string of the molecule is Nc1ccccc1CCC(=O)N1CC[C@H](O)C1. The maximum absolute atomic E-state index is 11.8. The minimum Gasteiger partial charge on any atom is -0.399 e. The standard InChI is InChI=1S/C13H18N2O2/c14-12-4-2-1-3-10(12)5-6-13(17)15-8-7-11(16)9-15/h1-4,11,16H,5-9,14H2/t11-/m0/s1. The second-order valence-corrected chi connectivity index (χ2v) is 4.48. The number of hydrogen-bond acceptors (Lipinski definition) is 3. The van der Waals surface area contributed by atoms with Crippen LogP contribution in [-0.2, 0) is 11.2 Å². The Bertz CT molecular complexity index is 406. The first kappa shape index (κ1) is 11.9. The van der Waals surface area contributed by atoms with Crippen molar-refractivity contribution in [2.45, 2.75) is 25.4 Å². The van der Waals surface area contributed by atoms with Crippen molar-refractivity contribution in [1.82, 2.24) is 4.90 Å². The molecule has 17 heavy (non-hydrogen) atoms. The Kier molecular flexibility index (Phi) is 3.64. The number of β-amino-alcohol motifs (C(OH)–C–C–N with tert-alkyl or cyclic N) is 1. The molecule has 0 bridgehead atoms. The van der Waals surface area contributed by atoms with Gasteiger partial charge in [-0.1, -0.05) is 18.2 Å². The summed E-state index contributed by atoms with van der Waals surface area (Å²) >= 11 is 0. The van der Waals surface area contributed by atoms with Gasteiger partial charge in [-0.15, -0.1) is 0 Å². The lowest BCUT2D eigenvalue weighted by molar-refractivity contribution is -0.130. The lowest BCUT2D eigenvalue weighted by Crippen LogP contribution is -2.29. The largest absolute Gasteiger partial charge is 0.399 e. The normalized spacial score (nSPS) is 19.6. The van der Waals surface area contributed by atoms with E-state index in [9.17, 15) is 9.90 Å². The highest BCUT2D eigenvalue weighted by molar-refractivity contribution is 5.77. The van der Waals surface area contributed by atoms with E-state index in [2.05, 4.69) is 0 Å². The van der Waals surface area contributed by atoms with Gasteiger partial charge in [0.1, 0.15) is 0 Å². The second kappa shape index (κ2) is 5.19. The maximum atomic E-state index is 11.8. The molecule has 0 aromatic heterocycles. The van der Waals surface area contributed by atoms with Crippen LogP contribution in [0, 0.1) is 0 Å². The van der Waals surface area contributed by atoms with E-state index in [-0.39, 0.29) is 12.0 Å². The quantitative estimate of drug-likeness (QED) is 0.760. The average Bonchev–Trinajstić information content (AvgIpc) is 2.74. The van der Waals surface area contributed by atoms with Crippen LogP contribution in [0.15, 0.2) is 24.3 Å². The first-order chi connectivity index (χ1) is 8.16. The summed E-state index contributed by atoms with van der Waals surface area (Å²) in [7, 11) is 0. The van der Waals surface area contributed by atoms with Crippen molar-refractivity contribution in [3.8, 4) is 0 Å². The molecule has 1 amide bonds. The summed E-state index contributed by atoms with van der Waals surface area (Å²) in [6, 6.07) is 7.61. The zero-order valence-corrected chi connectivity index (χ0v) is 9.80. The molecule has 1 aromatic rings. The van der Waals surface area contributed by atoms with Gasteiger partial charge < -0.3 is 15.7 Å². The summed E-state index contributed by atoms with van der Waals surface area (Å²) in [5.74, 6) is 0.102. The molecule has 2 rings (SSSR count). The molecule has 1 atom stereocenters. The maximum Gasteiger partial charge on any atom is 0.222 e. The van der Waals surface area contributed by atoms with Gasteiger partial charge in [-0.3, -0.25) is 4.79 Å². The molecule has 4 nitrogen and oxygen atoms in total. The van der Waals surface area contributed by atoms with Crippen molar-refractivity contribution in [2.24, 2.45) is 0 Å². The number of amides is 1. The van der Waals surface area contributed by atoms with E-state index in [0.29, 0.717) is 32.4 Å². The molecule has 1 aliphatic rings. The number of nitrogens with zero attached hydrogens (tertiary/aromatic N) is 1. The molecule has 0 radical (unpaired) electrons. The number of rotatable bonds is 3. The second-order valence-electron chi connectivity index (χ2n) is 4.48. The van der Waals surface area contributed by atoms with E-state index >= 15 is 0 Å². The van der Waals surface area contributed by atoms with E-state index in [1.54, 1.807) is 4.90 Å². The number of likely N-dealkylation sites (tertiary alicyclic amines) is 1. The Balaban J connectivity index is 1.86. The summed E-state index contributed by atoms with van der Waals surface area (Å²) in [6.07, 6.45) is 1.47. The molecule has 1 heterocycles. The van der Waals surface area contributed by atoms with Crippen LogP contribution in [0.1, 0.15) is 18.4 Å². The molecule has 0 saturated carbocycles. The van der Waals surface area contributed by atoms with Crippen molar-refractivity contribution in [1.29, 1.82) is 0 Å². The predicted octanol–water partition coefficient (Wildman–Crippen LogP) is 0.795. The van der Waals surface area contributed by atoms with Gasteiger partial charge in [-0.25, -0.2) is 0 Å². The minimum absolute atomic E-state index is 0.102. The molecule has 1 aliphatic heterocycles. The first-order valence-corrected chi connectivity index (χ1v) is 5.96. The third-order valence-electron chi connectivity index (χ3n) is 3.18. The molecule has 0 unspecified atom stereocenters. The van der Waals surface area contributed by atoms with Crippen LogP contribution in [0.3, 0.4) is 0 Å². The Labute approximate surface area is 101 Å². The fourth-order valence-electron chi connectivity index (χ4n) is 2.13. The molecular weight excluding hydrogens is 216 g/mol. The highest BCUT2D eigenvalue weighted by atomic mass is 16.3. The monoisotopic (exact) mass is 234 g/mol. The number of aryl methyl sites for hydroxylation is 1. The highest BCUT2D eigenvalue weighted by Crippen LogP contribution is 2.15. The van der Waals surface area contributed by atoms with E-state index in [1.807, 2.05) is 24.3 Å². The number of carbonyl (C=O) groups excluding carboxylic acids is 1. The smallest absolute Gasteiger partial charge is 0.222 e. The number of anilines is 1. The van der Waals surface area contributed by atoms with Gasteiger partial charge in [0.15, 0.2) is 0 Å². The van der Waals surface area contributed by atoms with Crippen molar-refractivity contribution < 1.29 is 9.90 Å². The number of hydrogen-bond donors (Lipinski definition) is 2. The topological polar surface area (TPSA) is 66.6 Å². The van der Waals surface area contributed by atoms with Crippen molar-refractivity contribution >= 4 is 11.6 Å². The van der Waals surface area contributed by atoms with Crippen molar-refractivity contribution in [3.63, 3.8) is 0 Å². The molecule has 1 saturated heterocycles.